The highest BCUT2D eigenvalue weighted by atomic mass is 19.1. The Morgan fingerprint density at radius 3 is 2.43 bits per heavy atom. The zero-order chi connectivity index (χ0) is 20.9. The number of para-hydroxylation sites is 1. The van der Waals surface area contributed by atoms with E-state index in [2.05, 4.69) is 10.2 Å². The summed E-state index contributed by atoms with van der Waals surface area (Å²) < 4.78 is 16.5. The Morgan fingerprint density at radius 2 is 1.70 bits per heavy atom. The number of halogens is 1. The first-order valence-electron chi connectivity index (χ1n) is 10.7. The van der Waals surface area contributed by atoms with Gasteiger partial charge in [0.1, 0.15) is 5.82 Å². The summed E-state index contributed by atoms with van der Waals surface area (Å²) in [7, 11) is 0. The first-order chi connectivity index (χ1) is 14.6. The molecule has 4 rings (SSSR count). The second-order valence-electron chi connectivity index (χ2n) is 7.84. The molecule has 0 unspecified atom stereocenters. The van der Waals surface area contributed by atoms with Crippen LogP contribution in [-0.4, -0.2) is 41.6 Å². The van der Waals surface area contributed by atoms with Gasteiger partial charge in [0.25, 0.3) is 5.91 Å². The molecule has 1 saturated heterocycles. The van der Waals surface area contributed by atoms with Crippen LogP contribution in [0.5, 0.6) is 0 Å². The SMILES string of the molecule is Cc1c(C(=O)NCCN2CCCCC2)cc(-c2ccccc2)n1-c1ccccc1F. The van der Waals surface area contributed by atoms with Gasteiger partial charge in [-0.2, -0.15) is 0 Å². The van der Waals surface area contributed by atoms with Gasteiger partial charge in [0, 0.05) is 18.8 Å². The van der Waals surface area contributed by atoms with E-state index in [1.165, 1.54) is 25.3 Å². The number of hydrogen-bond acceptors (Lipinski definition) is 2. The number of amides is 1. The highest BCUT2D eigenvalue weighted by Crippen LogP contribution is 2.30. The highest BCUT2D eigenvalue weighted by molar-refractivity contribution is 5.97. The lowest BCUT2D eigenvalue weighted by molar-refractivity contribution is 0.0946. The molecule has 2 heterocycles. The van der Waals surface area contributed by atoms with Gasteiger partial charge in [-0.3, -0.25) is 4.79 Å². The summed E-state index contributed by atoms with van der Waals surface area (Å²) in [4.78, 5) is 15.4. The van der Waals surface area contributed by atoms with Crippen molar-refractivity contribution in [1.82, 2.24) is 14.8 Å². The average Bonchev–Trinajstić information content (AvgIpc) is 3.12. The maximum Gasteiger partial charge on any atom is 0.253 e. The Morgan fingerprint density at radius 1 is 1.00 bits per heavy atom. The molecule has 30 heavy (non-hydrogen) atoms. The molecule has 1 aliphatic heterocycles. The van der Waals surface area contributed by atoms with Crippen molar-refractivity contribution >= 4 is 5.91 Å². The Hall–Kier alpha value is -2.92. The molecule has 0 atom stereocenters. The molecular formula is C25H28FN3O. The van der Waals surface area contributed by atoms with Crippen molar-refractivity contribution in [3.05, 3.63) is 77.7 Å². The number of piperidine rings is 1. The fourth-order valence-corrected chi connectivity index (χ4v) is 4.21. The second-order valence-corrected chi connectivity index (χ2v) is 7.84. The number of benzene rings is 2. The van der Waals surface area contributed by atoms with Gasteiger partial charge < -0.3 is 14.8 Å². The fourth-order valence-electron chi connectivity index (χ4n) is 4.21. The maximum absolute atomic E-state index is 14.6. The van der Waals surface area contributed by atoms with Gasteiger partial charge in [-0.05, 0) is 56.6 Å². The van der Waals surface area contributed by atoms with E-state index < -0.39 is 0 Å². The quantitative estimate of drug-likeness (QED) is 0.639. The molecule has 0 radical (unpaired) electrons. The second kappa shape index (κ2) is 9.26. The number of carbonyl (C=O) groups is 1. The number of likely N-dealkylation sites (tertiary alicyclic amines) is 1. The first kappa shape index (κ1) is 20.4. The third-order valence-electron chi connectivity index (χ3n) is 5.82. The van der Waals surface area contributed by atoms with Gasteiger partial charge in [-0.15, -0.1) is 0 Å². The molecule has 0 bridgehead atoms. The summed E-state index contributed by atoms with van der Waals surface area (Å²) in [6, 6.07) is 18.3. The topological polar surface area (TPSA) is 37.3 Å². The van der Waals surface area contributed by atoms with Gasteiger partial charge in [0.05, 0.1) is 16.9 Å². The number of carbonyl (C=O) groups excluding carboxylic acids is 1. The van der Waals surface area contributed by atoms with E-state index in [0.717, 1.165) is 36.6 Å². The summed E-state index contributed by atoms with van der Waals surface area (Å²) in [5, 5.41) is 3.06. The third-order valence-corrected chi connectivity index (χ3v) is 5.82. The van der Waals surface area contributed by atoms with Gasteiger partial charge in [-0.1, -0.05) is 48.9 Å². The summed E-state index contributed by atoms with van der Waals surface area (Å²) in [5.41, 5.74) is 3.50. The summed E-state index contributed by atoms with van der Waals surface area (Å²) in [6.07, 6.45) is 3.77. The van der Waals surface area contributed by atoms with Crippen molar-refractivity contribution in [1.29, 1.82) is 0 Å². The first-order valence-corrected chi connectivity index (χ1v) is 10.7. The van der Waals surface area contributed by atoms with Crippen LogP contribution in [-0.2, 0) is 0 Å². The van der Waals surface area contributed by atoms with Crippen molar-refractivity contribution in [3.63, 3.8) is 0 Å². The van der Waals surface area contributed by atoms with Gasteiger partial charge in [0.2, 0.25) is 0 Å². The maximum atomic E-state index is 14.6. The molecule has 0 saturated carbocycles. The molecule has 1 amide bonds. The number of aromatic nitrogens is 1. The number of hydrogen-bond donors (Lipinski definition) is 1. The van der Waals surface area contributed by atoms with Crippen molar-refractivity contribution in [2.24, 2.45) is 0 Å². The zero-order valence-corrected chi connectivity index (χ0v) is 17.4. The van der Waals surface area contributed by atoms with Gasteiger partial charge in [0.15, 0.2) is 0 Å². The minimum absolute atomic E-state index is 0.114. The van der Waals surface area contributed by atoms with E-state index in [0.29, 0.717) is 17.8 Å². The van der Waals surface area contributed by atoms with Crippen LogP contribution >= 0.6 is 0 Å². The lowest BCUT2D eigenvalue weighted by Gasteiger charge is -2.26. The van der Waals surface area contributed by atoms with E-state index in [1.807, 2.05) is 54.0 Å². The Balaban J connectivity index is 1.62. The molecule has 4 nitrogen and oxygen atoms in total. The summed E-state index contributed by atoms with van der Waals surface area (Å²) in [5.74, 6) is -0.429. The van der Waals surface area contributed by atoms with Gasteiger partial charge in [-0.25, -0.2) is 4.39 Å². The Kier molecular flexibility index (Phi) is 6.29. The molecule has 5 heteroatoms. The standard InChI is InChI=1S/C25H28FN3O/c1-19-21(25(30)27-14-17-28-15-8-3-9-16-28)18-24(20-10-4-2-5-11-20)29(19)23-13-7-6-12-22(23)26/h2,4-7,10-13,18H,3,8-9,14-17H2,1H3,(H,27,30). The van der Waals surface area contributed by atoms with E-state index in [9.17, 15) is 9.18 Å². The van der Waals surface area contributed by atoms with Crippen LogP contribution < -0.4 is 5.32 Å². The van der Waals surface area contributed by atoms with Crippen LogP contribution in [0.15, 0.2) is 60.7 Å². The molecular weight excluding hydrogens is 377 g/mol. The number of nitrogens with zero attached hydrogens (tertiary/aromatic N) is 2. The molecule has 1 aromatic heterocycles. The Labute approximate surface area is 177 Å². The van der Waals surface area contributed by atoms with E-state index >= 15 is 0 Å². The monoisotopic (exact) mass is 405 g/mol. The average molecular weight is 406 g/mol. The van der Waals surface area contributed by atoms with Crippen LogP contribution in [0, 0.1) is 12.7 Å². The van der Waals surface area contributed by atoms with E-state index in [4.69, 9.17) is 0 Å². The fraction of sp³-hybridized carbons (Fsp3) is 0.320. The molecule has 0 aliphatic carbocycles. The van der Waals surface area contributed by atoms with Crippen LogP contribution in [0.2, 0.25) is 0 Å². The summed E-state index contributed by atoms with van der Waals surface area (Å²) in [6.45, 7) is 5.57. The smallest absolute Gasteiger partial charge is 0.253 e. The van der Waals surface area contributed by atoms with Crippen LogP contribution in [0.4, 0.5) is 4.39 Å². The number of rotatable bonds is 6. The molecule has 156 valence electrons. The lowest BCUT2D eigenvalue weighted by Crippen LogP contribution is -2.37. The zero-order valence-electron chi connectivity index (χ0n) is 17.4. The predicted molar refractivity (Wildman–Crippen MR) is 119 cm³/mol. The van der Waals surface area contributed by atoms with Crippen molar-refractivity contribution in [2.45, 2.75) is 26.2 Å². The van der Waals surface area contributed by atoms with Crippen LogP contribution in [0.1, 0.15) is 35.3 Å². The normalized spacial score (nSPS) is 14.6. The van der Waals surface area contributed by atoms with Crippen molar-refractivity contribution < 1.29 is 9.18 Å². The molecule has 3 aromatic rings. The summed E-state index contributed by atoms with van der Waals surface area (Å²) >= 11 is 0. The predicted octanol–water partition coefficient (Wildman–Crippen LogP) is 4.81. The van der Waals surface area contributed by atoms with Gasteiger partial charge >= 0.3 is 0 Å². The Bertz CT molecular complexity index is 1010. The molecule has 2 aromatic carbocycles. The number of nitrogens with one attached hydrogen (secondary N) is 1. The van der Waals surface area contributed by atoms with Crippen LogP contribution in [0.3, 0.4) is 0 Å². The highest BCUT2D eigenvalue weighted by Gasteiger charge is 2.21. The largest absolute Gasteiger partial charge is 0.351 e. The third kappa shape index (κ3) is 4.31. The minimum atomic E-state index is -0.314. The van der Waals surface area contributed by atoms with Crippen molar-refractivity contribution in [3.8, 4) is 16.9 Å². The van der Waals surface area contributed by atoms with E-state index in [-0.39, 0.29) is 11.7 Å². The van der Waals surface area contributed by atoms with Crippen LogP contribution in [0.25, 0.3) is 16.9 Å². The molecule has 1 aliphatic rings. The van der Waals surface area contributed by atoms with E-state index in [1.54, 1.807) is 12.1 Å². The lowest BCUT2D eigenvalue weighted by atomic mass is 10.1. The van der Waals surface area contributed by atoms with Crippen molar-refractivity contribution in [2.75, 3.05) is 26.2 Å². The molecule has 1 fully saturated rings. The molecule has 0 spiro atoms. The minimum Gasteiger partial charge on any atom is -0.351 e. The molecule has 1 N–H and O–H groups in total.